The Morgan fingerprint density at radius 2 is 2.05 bits per heavy atom. The molecule has 0 saturated carbocycles. The lowest BCUT2D eigenvalue weighted by molar-refractivity contribution is 0.0589. The zero-order chi connectivity index (χ0) is 15.1. The summed E-state index contributed by atoms with van der Waals surface area (Å²) in [6.07, 6.45) is 1.77. The summed E-state index contributed by atoms with van der Waals surface area (Å²) in [7, 11) is 1.62. The number of rotatable bonds is 7. The van der Waals surface area contributed by atoms with E-state index in [0.29, 0.717) is 23.2 Å². The first kappa shape index (κ1) is 17.1. The minimum atomic E-state index is -0.368. The molecule has 0 N–H and O–H groups in total. The van der Waals surface area contributed by atoms with E-state index in [-0.39, 0.29) is 17.8 Å². The van der Waals surface area contributed by atoms with Crippen molar-refractivity contribution in [3.63, 3.8) is 0 Å². The molecule has 0 aliphatic carbocycles. The fraction of sp³-hybridized carbons (Fsp3) is 0.533. The second-order valence-corrected chi connectivity index (χ2v) is 5.44. The molecule has 0 saturated heterocycles. The van der Waals surface area contributed by atoms with Crippen LogP contribution in [0.2, 0.25) is 0 Å². The van der Waals surface area contributed by atoms with Crippen LogP contribution in [-0.4, -0.2) is 37.1 Å². The quantitative estimate of drug-likeness (QED) is 0.750. The molecular weight excluding hydrogens is 325 g/mol. The summed E-state index contributed by atoms with van der Waals surface area (Å²) < 4.78 is 18.6. The Morgan fingerprint density at radius 3 is 2.55 bits per heavy atom. The van der Waals surface area contributed by atoms with Gasteiger partial charge in [-0.25, -0.2) is 4.39 Å². The van der Waals surface area contributed by atoms with E-state index >= 15 is 0 Å². The number of halogens is 2. The van der Waals surface area contributed by atoms with E-state index in [1.165, 1.54) is 18.2 Å². The molecule has 3 nitrogen and oxygen atoms in total. The molecule has 5 heteroatoms. The van der Waals surface area contributed by atoms with Gasteiger partial charge in [0.05, 0.1) is 11.1 Å². The molecule has 0 aliphatic rings. The highest BCUT2D eigenvalue weighted by atomic mass is 79.9. The first-order chi connectivity index (χ1) is 9.54. The van der Waals surface area contributed by atoms with Crippen LogP contribution >= 0.6 is 15.9 Å². The van der Waals surface area contributed by atoms with Crippen LogP contribution in [0.1, 0.15) is 37.0 Å². The van der Waals surface area contributed by atoms with Gasteiger partial charge in [0, 0.05) is 25.3 Å². The highest BCUT2D eigenvalue weighted by Gasteiger charge is 2.22. The highest BCUT2D eigenvalue weighted by molar-refractivity contribution is 9.10. The maximum Gasteiger partial charge on any atom is 0.254 e. The number of benzene rings is 1. The minimum absolute atomic E-state index is 0.0866. The maximum absolute atomic E-state index is 13.3. The van der Waals surface area contributed by atoms with Crippen molar-refractivity contribution in [3.05, 3.63) is 34.1 Å². The van der Waals surface area contributed by atoms with Gasteiger partial charge in [0.2, 0.25) is 0 Å². The zero-order valence-corrected chi connectivity index (χ0v) is 13.7. The van der Waals surface area contributed by atoms with Crippen molar-refractivity contribution in [1.82, 2.24) is 4.90 Å². The molecule has 1 aromatic carbocycles. The summed E-state index contributed by atoms with van der Waals surface area (Å²) in [5.74, 6) is -0.455. The fourth-order valence-electron chi connectivity index (χ4n) is 2.16. The molecule has 0 heterocycles. The van der Waals surface area contributed by atoms with Crippen LogP contribution in [-0.2, 0) is 4.74 Å². The van der Waals surface area contributed by atoms with Crippen LogP contribution in [0.3, 0.4) is 0 Å². The Balaban J connectivity index is 2.99. The molecule has 0 atom stereocenters. The lowest BCUT2D eigenvalue weighted by Gasteiger charge is -2.30. The Kier molecular flexibility index (Phi) is 7.16. The summed E-state index contributed by atoms with van der Waals surface area (Å²) in [6, 6.07) is 4.52. The average molecular weight is 346 g/mol. The summed E-state index contributed by atoms with van der Waals surface area (Å²) in [5.41, 5.74) is 0.487. The molecule has 0 radical (unpaired) electrons. The first-order valence-corrected chi connectivity index (χ1v) is 7.59. The van der Waals surface area contributed by atoms with Gasteiger partial charge in [0.25, 0.3) is 5.91 Å². The van der Waals surface area contributed by atoms with Crippen molar-refractivity contribution in [2.75, 3.05) is 20.3 Å². The third-order valence-corrected chi connectivity index (χ3v) is 3.95. The maximum atomic E-state index is 13.3. The number of carbonyl (C=O) groups excluding carboxylic acids is 1. The number of hydrogen-bond donors (Lipinski definition) is 0. The van der Waals surface area contributed by atoms with Gasteiger partial charge < -0.3 is 9.64 Å². The van der Waals surface area contributed by atoms with E-state index in [9.17, 15) is 9.18 Å². The molecular formula is C15H21BrFNO2. The molecule has 0 bridgehead atoms. The summed E-state index contributed by atoms with van der Waals surface area (Å²) in [4.78, 5) is 14.4. The van der Waals surface area contributed by atoms with E-state index < -0.39 is 0 Å². The number of carbonyl (C=O) groups is 1. The molecule has 0 aromatic heterocycles. The number of nitrogens with zero attached hydrogens (tertiary/aromatic N) is 1. The van der Waals surface area contributed by atoms with Gasteiger partial charge >= 0.3 is 0 Å². The second-order valence-electron chi connectivity index (χ2n) is 4.59. The zero-order valence-electron chi connectivity index (χ0n) is 12.2. The topological polar surface area (TPSA) is 29.5 Å². The van der Waals surface area contributed by atoms with Gasteiger partial charge in [-0.3, -0.25) is 4.79 Å². The van der Waals surface area contributed by atoms with Crippen molar-refractivity contribution >= 4 is 21.8 Å². The van der Waals surface area contributed by atoms with Gasteiger partial charge in [0.1, 0.15) is 5.82 Å². The number of amides is 1. The largest absolute Gasteiger partial charge is 0.383 e. The molecule has 0 aliphatic heterocycles. The van der Waals surface area contributed by atoms with Crippen molar-refractivity contribution in [1.29, 1.82) is 0 Å². The lowest BCUT2D eigenvalue weighted by Crippen LogP contribution is -2.41. The molecule has 0 unspecified atom stereocenters. The Hall–Kier alpha value is -0.940. The van der Waals surface area contributed by atoms with E-state index in [0.717, 1.165) is 12.8 Å². The van der Waals surface area contributed by atoms with Gasteiger partial charge in [-0.2, -0.15) is 0 Å². The third-order valence-electron chi connectivity index (χ3n) is 3.35. The van der Waals surface area contributed by atoms with E-state index in [1.54, 1.807) is 7.11 Å². The molecule has 1 amide bonds. The lowest BCUT2D eigenvalue weighted by atomic mass is 10.1. The van der Waals surface area contributed by atoms with Gasteiger partial charge in [0.15, 0.2) is 0 Å². The number of hydrogen-bond acceptors (Lipinski definition) is 2. The van der Waals surface area contributed by atoms with Gasteiger partial charge in [-0.1, -0.05) is 13.8 Å². The monoisotopic (exact) mass is 345 g/mol. The van der Waals surface area contributed by atoms with Crippen LogP contribution in [0.5, 0.6) is 0 Å². The van der Waals surface area contributed by atoms with Crippen molar-refractivity contribution < 1.29 is 13.9 Å². The smallest absolute Gasteiger partial charge is 0.254 e. The standard InChI is InChI=1S/C15H21BrFNO2/c1-4-12(5-2)18(8-9-20-3)15(19)11-6-7-14(17)13(16)10-11/h6-7,10,12H,4-5,8-9H2,1-3H3. The summed E-state index contributed by atoms with van der Waals surface area (Å²) in [6.45, 7) is 5.14. The summed E-state index contributed by atoms with van der Waals surface area (Å²) >= 11 is 3.12. The normalized spacial score (nSPS) is 10.9. The van der Waals surface area contributed by atoms with E-state index in [1.807, 2.05) is 4.90 Å². The predicted octanol–water partition coefficient (Wildman–Crippen LogP) is 3.87. The fourth-order valence-corrected chi connectivity index (χ4v) is 2.54. The summed E-state index contributed by atoms with van der Waals surface area (Å²) in [5, 5.41) is 0. The SMILES string of the molecule is CCC(CC)N(CCOC)C(=O)c1ccc(F)c(Br)c1. The second kappa shape index (κ2) is 8.37. The number of ether oxygens (including phenoxy) is 1. The van der Waals surface area contributed by atoms with Crippen molar-refractivity contribution in [2.45, 2.75) is 32.7 Å². The third kappa shape index (κ3) is 4.28. The Labute approximate surface area is 128 Å². The molecule has 0 spiro atoms. The van der Waals surface area contributed by atoms with Crippen LogP contribution in [0.15, 0.2) is 22.7 Å². The molecule has 0 fully saturated rings. The van der Waals surface area contributed by atoms with E-state index in [2.05, 4.69) is 29.8 Å². The molecule has 1 aromatic rings. The molecule has 20 heavy (non-hydrogen) atoms. The van der Waals surface area contributed by atoms with Crippen molar-refractivity contribution in [2.24, 2.45) is 0 Å². The first-order valence-electron chi connectivity index (χ1n) is 6.80. The minimum Gasteiger partial charge on any atom is -0.383 e. The van der Waals surface area contributed by atoms with E-state index in [4.69, 9.17) is 4.74 Å². The average Bonchev–Trinajstić information content (AvgIpc) is 2.45. The van der Waals surface area contributed by atoms with Crippen LogP contribution in [0.4, 0.5) is 4.39 Å². The van der Waals surface area contributed by atoms with Gasteiger partial charge in [-0.15, -0.1) is 0 Å². The number of methoxy groups -OCH3 is 1. The Bertz CT molecular complexity index is 449. The predicted molar refractivity (Wildman–Crippen MR) is 81.4 cm³/mol. The van der Waals surface area contributed by atoms with Crippen LogP contribution in [0, 0.1) is 5.82 Å². The van der Waals surface area contributed by atoms with Crippen molar-refractivity contribution in [3.8, 4) is 0 Å². The van der Waals surface area contributed by atoms with Gasteiger partial charge in [-0.05, 0) is 47.0 Å². The van der Waals surface area contributed by atoms with Crippen LogP contribution < -0.4 is 0 Å². The Morgan fingerprint density at radius 1 is 1.40 bits per heavy atom. The highest BCUT2D eigenvalue weighted by Crippen LogP contribution is 2.20. The van der Waals surface area contributed by atoms with Crippen LogP contribution in [0.25, 0.3) is 0 Å². The molecule has 1 rings (SSSR count). The molecule has 112 valence electrons.